The number of carboxylic acid groups (broad SMARTS) is 1. The van der Waals surface area contributed by atoms with E-state index in [-0.39, 0.29) is 0 Å². The fraction of sp³-hybridized carbons (Fsp3) is 0.562. The van der Waals surface area contributed by atoms with Gasteiger partial charge in [0, 0.05) is 13.1 Å². The highest BCUT2D eigenvalue weighted by atomic mass is 16.5. The van der Waals surface area contributed by atoms with Gasteiger partial charge in [-0.05, 0) is 24.5 Å². The molecule has 4 nitrogen and oxygen atoms in total. The molecule has 1 atom stereocenters. The second kappa shape index (κ2) is 6.37. The molecule has 2 rings (SSSR count). The standard InChI is InChI=1S/C16H23NO3/c1-3-4-13-5-7-14(8-6-13)16(2,15(18)19)17-9-11-20-12-10-17/h5-8H,3-4,9-12H2,1-2H3,(H,18,19). The Labute approximate surface area is 120 Å². The summed E-state index contributed by atoms with van der Waals surface area (Å²) < 4.78 is 5.33. The molecule has 1 heterocycles. The third kappa shape index (κ3) is 2.86. The number of morpholine rings is 1. The van der Waals surface area contributed by atoms with Crippen molar-refractivity contribution in [3.8, 4) is 0 Å². The highest BCUT2D eigenvalue weighted by molar-refractivity contribution is 5.80. The summed E-state index contributed by atoms with van der Waals surface area (Å²) in [6.07, 6.45) is 2.13. The van der Waals surface area contributed by atoms with E-state index in [9.17, 15) is 9.90 Å². The molecule has 1 unspecified atom stereocenters. The van der Waals surface area contributed by atoms with Crippen molar-refractivity contribution in [2.75, 3.05) is 26.3 Å². The number of rotatable bonds is 5. The first-order valence-electron chi connectivity index (χ1n) is 7.24. The maximum absolute atomic E-state index is 11.8. The summed E-state index contributed by atoms with van der Waals surface area (Å²) in [6.45, 7) is 6.42. The predicted molar refractivity (Wildman–Crippen MR) is 77.8 cm³/mol. The lowest BCUT2D eigenvalue weighted by atomic mass is 9.88. The first-order chi connectivity index (χ1) is 9.59. The van der Waals surface area contributed by atoms with Crippen LogP contribution in [0.15, 0.2) is 24.3 Å². The largest absolute Gasteiger partial charge is 0.480 e. The summed E-state index contributed by atoms with van der Waals surface area (Å²) >= 11 is 0. The topological polar surface area (TPSA) is 49.8 Å². The van der Waals surface area contributed by atoms with Crippen molar-refractivity contribution in [3.05, 3.63) is 35.4 Å². The van der Waals surface area contributed by atoms with Crippen LogP contribution in [-0.2, 0) is 21.5 Å². The van der Waals surface area contributed by atoms with Crippen molar-refractivity contribution in [2.45, 2.75) is 32.2 Å². The van der Waals surface area contributed by atoms with Crippen molar-refractivity contribution < 1.29 is 14.6 Å². The van der Waals surface area contributed by atoms with Crippen LogP contribution in [0.3, 0.4) is 0 Å². The van der Waals surface area contributed by atoms with Gasteiger partial charge in [0.2, 0.25) is 0 Å². The SMILES string of the molecule is CCCc1ccc(C(C)(C(=O)O)N2CCOCC2)cc1. The van der Waals surface area contributed by atoms with Crippen LogP contribution < -0.4 is 0 Å². The van der Waals surface area contributed by atoms with E-state index >= 15 is 0 Å². The number of aliphatic carboxylic acids is 1. The van der Waals surface area contributed by atoms with Crippen molar-refractivity contribution >= 4 is 5.97 Å². The van der Waals surface area contributed by atoms with E-state index in [0.29, 0.717) is 26.3 Å². The summed E-state index contributed by atoms with van der Waals surface area (Å²) in [5.74, 6) is -0.803. The van der Waals surface area contributed by atoms with Crippen molar-refractivity contribution in [1.29, 1.82) is 0 Å². The van der Waals surface area contributed by atoms with Gasteiger partial charge in [-0.3, -0.25) is 4.90 Å². The predicted octanol–water partition coefficient (Wildman–Crippen LogP) is 2.27. The Morgan fingerprint density at radius 1 is 1.30 bits per heavy atom. The Morgan fingerprint density at radius 2 is 1.90 bits per heavy atom. The molecule has 1 aromatic rings. The zero-order valence-corrected chi connectivity index (χ0v) is 12.3. The van der Waals surface area contributed by atoms with E-state index in [0.717, 1.165) is 18.4 Å². The van der Waals surface area contributed by atoms with Crippen LogP contribution in [0.2, 0.25) is 0 Å². The Balaban J connectivity index is 2.29. The number of carboxylic acids is 1. The molecular formula is C16H23NO3. The molecule has 1 aromatic carbocycles. The van der Waals surface area contributed by atoms with Gasteiger partial charge in [-0.1, -0.05) is 37.6 Å². The smallest absolute Gasteiger partial charge is 0.328 e. The highest BCUT2D eigenvalue weighted by Gasteiger charge is 2.41. The average Bonchev–Trinajstić information content (AvgIpc) is 2.48. The van der Waals surface area contributed by atoms with Crippen LogP contribution in [0.25, 0.3) is 0 Å². The first-order valence-corrected chi connectivity index (χ1v) is 7.24. The number of benzene rings is 1. The molecule has 1 aliphatic rings. The molecule has 4 heteroatoms. The van der Waals surface area contributed by atoms with Crippen molar-refractivity contribution in [1.82, 2.24) is 4.90 Å². The van der Waals surface area contributed by atoms with Crippen LogP contribution >= 0.6 is 0 Å². The molecule has 20 heavy (non-hydrogen) atoms. The number of ether oxygens (including phenoxy) is 1. The normalized spacial score (nSPS) is 19.5. The zero-order valence-electron chi connectivity index (χ0n) is 12.3. The number of aryl methyl sites for hydroxylation is 1. The summed E-state index contributed by atoms with van der Waals surface area (Å²) in [4.78, 5) is 13.8. The highest BCUT2D eigenvalue weighted by Crippen LogP contribution is 2.30. The van der Waals surface area contributed by atoms with Crippen LogP contribution in [0.4, 0.5) is 0 Å². The number of carbonyl (C=O) groups is 1. The van der Waals surface area contributed by atoms with Crippen LogP contribution in [0, 0.1) is 0 Å². The summed E-state index contributed by atoms with van der Waals surface area (Å²) in [6, 6.07) is 7.99. The molecule has 0 aromatic heterocycles. The number of hydrogen-bond acceptors (Lipinski definition) is 3. The van der Waals surface area contributed by atoms with E-state index in [2.05, 4.69) is 6.92 Å². The molecule has 0 saturated carbocycles. The first kappa shape index (κ1) is 15.0. The fourth-order valence-electron chi connectivity index (χ4n) is 2.74. The molecule has 0 radical (unpaired) electrons. The monoisotopic (exact) mass is 277 g/mol. The maximum Gasteiger partial charge on any atom is 0.328 e. The van der Waals surface area contributed by atoms with Crippen LogP contribution in [0.5, 0.6) is 0 Å². The Bertz CT molecular complexity index is 451. The van der Waals surface area contributed by atoms with E-state index in [1.807, 2.05) is 29.2 Å². The molecule has 1 saturated heterocycles. The second-order valence-electron chi connectivity index (χ2n) is 5.42. The summed E-state index contributed by atoms with van der Waals surface area (Å²) in [5, 5.41) is 9.73. The molecule has 0 aliphatic carbocycles. The molecule has 1 aliphatic heterocycles. The van der Waals surface area contributed by atoms with Crippen molar-refractivity contribution in [2.24, 2.45) is 0 Å². The minimum atomic E-state index is -0.978. The van der Waals surface area contributed by atoms with Gasteiger partial charge in [0.1, 0.15) is 5.54 Å². The summed E-state index contributed by atoms with van der Waals surface area (Å²) in [5.41, 5.74) is 1.12. The quantitative estimate of drug-likeness (QED) is 0.897. The fourth-order valence-corrected chi connectivity index (χ4v) is 2.74. The molecule has 0 spiro atoms. The Kier molecular flexibility index (Phi) is 4.78. The third-order valence-corrected chi connectivity index (χ3v) is 4.11. The minimum absolute atomic E-state index is 0.594. The Hall–Kier alpha value is -1.39. The van der Waals surface area contributed by atoms with Gasteiger partial charge >= 0.3 is 5.97 Å². The molecule has 0 bridgehead atoms. The van der Waals surface area contributed by atoms with Crippen LogP contribution in [-0.4, -0.2) is 42.3 Å². The van der Waals surface area contributed by atoms with Crippen LogP contribution in [0.1, 0.15) is 31.4 Å². The van der Waals surface area contributed by atoms with Gasteiger partial charge in [-0.2, -0.15) is 0 Å². The second-order valence-corrected chi connectivity index (χ2v) is 5.42. The summed E-state index contributed by atoms with van der Waals surface area (Å²) in [7, 11) is 0. The minimum Gasteiger partial charge on any atom is -0.480 e. The molecular weight excluding hydrogens is 254 g/mol. The van der Waals surface area contributed by atoms with Gasteiger partial charge < -0.3 is 9.84 Å². The third-order valence-electron chi connectivity index (χ3n) is 4.11. The average molecular weight is 277 g/mol. The van der Waals surface area contributed by atoms with Crippen molar-refractivity contribution in [3.63, 3.8) is 0 Å². The van der Waals surface area contributed by atoms with E-state index in [4.69, 9.17) is 4.74 Å². The van der Waals surface area contributed by atoms with E-state index < -0.39 is 11.5 Å². The van der Waals surface area contributed by atoms with Gasteiger partial charge in [0.25, 0.3) is 0 Å². The molecule has 110 valence electrons. The lowest BCUT2D eigenvalue weighted by molar-refractivity contribution is -0.154. The lowest BCUT2D eigenvalue weighted by Gasteiger charge is -2.40. The number of nitrogens with zero attached hydrogens (tertiary/aromatic N) is 1. The Morgan fingerprint density at radius 3 is 2.40 bits per heavy atom. The van der Waals surface area contributed by atoms with Gasteiger partial charge in [-0.15, -0.1) is 0 Å². The van der Waals surface area contributed by atoms with E-state index in [1.165, 1.54) is 5.56 Å². The zero-order chi connectivity index (χ0) is 14.6. The van der Waals surface area contributed by atoms with E-state index in [1.54, 1.807) is 6.92 Å². The lowest BCUT2D eigenvalue weighted by Crippen LogP contribution is -2.54. The number of hydrogen-bond donors (Lipinski definition) is 1. The van der Waals surface area contributed by atoms with Gasteiger partial charge in [0.15, 0.2) is 0 Å². The molecule has 0 amide bonds. The maximum atomic E-state index is 11.8. The van der Waals surface area contributed by atoms with Gasteiger partial charge in [0.05, 0.1) is 13.2 Å². The van der Waals surface area contributed by atoms with Gasteiger partial charge in [-0.25, -0.2) is 4.79 Å². The molecule has 1 N–H and O–H groups in total. The molecule has 1 fully saturated rings.